The van der Waals surface area contributed by atoms with Gasteiger partial charge in [-0.3, -0.25) is 0 Å². The second kappa shape index (κ2) is 5.62. The van der Waals surface area contributed by atoms with Gasteiger partial charge in [0.05, 0.1) is 5.02 Å². The summed E-state index contributed by atoms with van der Waals surface area (Å²) in [5.74, 6) is -0.402. The molecule has 0 saturated heterocycles. The fourth-order valence-corrected chi connectivity index (χ4v) is 1.45. The molecule has 16 heavy (non-hydrogen) atoms. The van der Waals surface area contributed by atoms with E-state index in [0.717, 1.165) is 5.56 Å². The van der Waals surface area contributed by atoms with Crippen molar-refractivity contribution in [3.05, 3.63) is 34.6 Å². The minimum Gasteiger partial charge on any atom is -0.396 e. The van der Waals surface area contributed by atoms with Crippen molar-refractivity contribution >= 4 is 11.6 Å². The number of nitrogens with one attached hydrogen (secondary N) is 1. The van der Waals surface area contributed by atoms with Gasteiger partial charge in [-0.05, 0) is 17.7 Å². The van der Waals surface area contributed by atoms with Gasteiger partial charge in [0.1, 0.15) is 5.82 Å². The number of hydrogen-bond acceptors (Lipinski definition) is 2. The van der Waals surface area contributed by atoms with Gasteiger partial charge in [-0.2, -0.15) is 0 Å². The molecule has 0 aliphatic carbocycles. The third-order valence-electron chi connectivity index (χ3n) is 2.34. The molecule has 0 radical (unpaired) electrons. The van der Waals surface area contributed by atoms with E-state index in [0.29, 0.717) is 13.1 Å². The zero-order valence-electron chi connectivity index (χ0n) is 9.56. The normalized spacial score (nSPS) is 11.8. The number of aliphatic hydroxyl groups is 1. The summed E-state index contributed by atoms with van der Waals surface area (Å²) in [5, 5.41) is 12.4. The van der Waals surface area contributed by atoms with Crippen LogP contribution in [-0.2, 0) is 6.54 Å². The highest BCUT2D eigenvalue weighted by Gasteiger charge is 2.15. The van der Waals surface area contributed by atoms with Gasteiger partial charge in [0.25, 0.3) is 0 Å². The predicted molar refractivity (Wildman–Crippen MR) is 64.0 cm³/mol. The van der Waals surface area contributed by atoms with Gasteiger partial charge in [-0.1, -0.05) is 31.5 Å². The van der Waals surface area contributed by atoms with E-state index in [2.05, 4.69) is 5.32 Å². The molecule has 0 aliphatic heterocycles. The third kappa shape index (κ3) is 4.08. The van der Waals surface area contributed by atoms with Crippen molar-refractivity contribution in [3.8, 4) is 0 Å². The number of rotatable bonds is 5. The van der Waals surface area contributed by atoms with Crippen LogP contribution in [0.4, 0.5) is 4.39 Å². The topological polar surface area (TPSA) is 32.3 Å². The molecule has 0 amide bonds. The Bertz CT molecular complexity index is 355. The molecule has 0 saturated carbocycles. The second-order valence-corrected chi connectivity index (χ2v) is 5.08. The van der Waals surface area contributed by atoms with Crippen molar-refractivity contribution in [1.82, 2.24) is 5.32 Å². The van der Waals surface area contributed by atoms with E-state index in [-0.39, 0.29) is 17.0 Å². The van der Waals surface area contributed by atoms with E-state index in [1.54, 1.807) is 12.1 Å². The van der Waals surface area contributed by atoms with Crippen LogP contribution in [0.15, 0.2) is 18.2 Å². The molecule has 0 atom stereocenters. The average molecular weight is 246 g/mol. The Morgan fingerprint density at radius 1 is 1.44 bits per heavy atom. The lowest BCUT2D eigenvalue weighted by atomic mass is 9.95. The van der Waals surface area contributed by atoms with Crippen LogP contribution in [0.25, 0.3) is 0 Å². The minimum atomic E-state index is -0.402. The van der Waals surface area contributed by atoms with Gasteiger partial charge in [0.2, 0.25) is 0 Å². The highest BCUT2D eigenvalue weighted by atomic mass is 35.5. The van der Waals surface area contributed by atoms with Crippen molar-refractivity contribution in [1.29, 1.82) is 0 Å². The lowest BCUT2D eigenvalue weighted by Gasteiger charge is -2.21. The highest BCUT2D eigenvalue weighted by Crippen LogP contribution is 2.16. The summed E-state index contributed by atoms with van der Waals surface area (Å²) in [6.07, 6.45) is 0. The van der Waals surface area contributed by atoms with E-state index in [1.165, 1.54) is 6.07 Å². The van der Waals surface area contributed by atoms with Crippen LogP contribution >= 0.6 is 11.6 Å². The van der Waals surface area contributed by atoms with Crippen molar-refractivity contribution in [2.45, 2.75) is 20.4 Å². The van der Waals surface area contributed by atoms with Crippen LogP contribution in [0.1, 0.15) is 19.4 Å². The van der Waals surface area contributed by atoms with E-state index >= 15 is 0 Å². The Morgan fingerprint density at radius 2 is 2.12 bits per heavy atom. The summed E-state index contributed by atoms with van der Waals surface area (Å²) in [6, 6.07) is 4.66. The van der Waals surface area contributed by atoms with Gasteiger partial charge in [0, 0.05) is 25.1 Å². The molecule has 1 aromatic rings. The van der Waals surface area contributed by atoms with Crippen LogP contribution in [0.2, 0.25) is 5.02 Å². The largest absolute Gasteiger partial charge is 0.396 e. The maximum atomic E-state index is 12.9. The zero-order valence-corrected chi connectivity index (χ0v) is 10.3. The summed E-state index contributed by atoms with van der Waals surface area (Å²) < 4.78 is 12.9. The summed E-state index contributed by atoms with van der Waals surface area (Å²) in [4.78, 5) is 0. The predicted octanol–water partition coefficient (Wildman–Crippen LogP) is 2.59. The number of halogens is 2. The molecular formula is C12H17ClFNO. The maximum Gasteiger partial charge on any atom is 0.141 e. The second-order valence-electron chi connectivity index (χ2n) is 4.67. The fraction of sp³-hybridized carbons (Fsp3) is 0.500. The molecule has 0 unspecified atom stereocenters. The Hall–Kier alpha value is -0.640. The van der Waals surface area contributed by atoms with E-state index in [1.807, 2.05) is 13.8 Å². The number of benzene rings is 1. The van der Waals surface area contributed by atoms with Crippen molar-refractivity contribution in [2.75, 3.05) is 13.2 Å². The molecular weight excluding hydrogens is 229 g/mol. The van der Waals surface area contributed by atoms with Gasteiger partial charge < -0.3 is 10.4 Å². The average Bonchev–Trinajstić information content (AvgIpc) is 2.23. The molecule has 4 heteroatoms. The molecule has 0 spiro atoms. The Morgan fingerprint density at radius 3 is 2.69 bits per heavy atom. The van der Waals surface area contributed by atoms with Crippen molar-refractivity contribution in [2.24, 2.45) is 5.41 Å². The molecule has 90 valence electrons. The summed E-state index contributed by atoms with van der Waals surface area (Å²) in [7, 11) is 0. The standard InChI is InChI=1S/C12H17ClFNO/c1-12(2,8-16)7-15-6-9-3-4-11(14)10(13)5-9/h3-5,15-16H,6-8H2,1-2H3. The summed E-state index contributed by atoms with van der Waals surface area (Å²) >= 11 is 5.67. The minimum absolute atomic E-state index is 0.129. The number of hydrogen-bond donors (Lipinski definition) is 2. The van der Waals surface area contributed by atoms with E-state index in [9.17, 15) is 4.39 Å². The first-order valence-electron chi connectivity index (χ1n) is 5.20. The van der Waals surface area contributed by atoms with Crippen LogP contribution in [0.5, 0.6) is 0 Å². The maximum absolute atomic E-state index is 12.9. The third-order valence-corrected chi connectivity index (χ3v) is 2.63. The fourth-order valence-electron chi connectivity index (χ4n) is 1.25. The van der Waals surface area contributed by atoms with E-state index in [4.69, 9.17) is 16.7 Å². The van der Waals surface area contributed by atoms with Crippen LogP contribution in [0, 0.1) is 11.2 Å². The Balaban J connectivity index is 2.46. The van der Waals surface area contributed by atoms with Crippen LogP contribution in [0.3, 0.4) is 0 Å². The zero-order chi connectivity index (χ0) is 12.2. The lowest BCUT2D eigenvalue weighted by molar-refractivity contribution is 0.156. The van der Waals surface area contributed by atoms with Gasteiger partial charge in [-0.25, -0.2) is 4.39 Å². The first-order valence-corrected chi connectivity index (χ1v) is 5.58. The molecule has 0 aromatic heterocycles. The molecule has 1 rings (SSSR count). The summed E-state index contributed by atoms with van der Waals surface area (Å²) in [5.41, 5.74) is 0.782. The molecule has 0 aliphatic rings. The van der Waals surface area contributed by atoms with Gasteiger partial charge in [-0.15, -0.1) is 0 Å². The Kier molecular flexibility index (Phi) is 4.71. The van der Waals surface area contributed by atoms with E-state index < -0.39 is 5.82 Å². The monoisotopic (exact) mass is 245 g/mol. The SMILES string of the molecule is CC(C)(CO)CNCc1ccc(F)c(Cl)c1. The van der Waals surface area contributed by atoms with Crippen LogP contribution < -0.4 is 5.32 Å². The first kappa shape index (κ1) is 13.4. The van der Waals surface area contributed by atoms with Crippen LogP contribution in [-0.4, -0.2) is 18.3 Å². The smallest absolute Gasteiger partial charge is 0.141 e. The molecule has 2 N–H and O–H groups in total. The first-order chi connectivity index (χ1) is 7.44. The molecule has 0 fully saturated rings. The number of aliphatic hydroxyl groups excluding tert-OH is 1. The summed E-state index contributed by atoms with van der Waals surface area (Å²) in [6.45, 7) is 5.38. The molecule has 0 bridgehead atoms. The molecule has 1 aromatic carbocycles. The highest BCUT2D eigenvalue weighted by molar-refractivity contribution is 6.30. The van der Waals surface area contributed by atoms with Crippen molar-refractivity contribution < 1.29 is 9.50 Å². The Labute approximate surface area is 100 Å². The quantitative estimate of drug-likeness (QED) is 0.836. The van der Waals surface area contributed by atoms with Crippen molar-refractivity contribution in [3.63, 3.8) is 0 Å². The molecule has 2 nitrogen and oxygen atoms in total. The van der Waals surface area contributed by atoms with Gasteiger partial charge >= 0.3 is 0 Å². The molecule has 0 heterocycles. The van der Waals surface area contributed by atoms with Gasteiger partial charge in [0.15, 0.2) is 0 Å². The lowest BCUT2D eigenvalue weighted by Crippen LogP contribution is -2.31.